The summed E-state index contributed by atoms with van der Waals surface area (Å²) >= 11 is 1.92. The molecule has 2 fully saturated rings. The van der Waals surface area contributed by atoms with E-state index in [9.17, 15) is 4.79 Å². The third kappa shape index (κ3) is 4.33. The molecule has 37 heavy (non-hydrogen) atoms. The van der Waals surface area contributed by atoms with Crippen LogP contribution in [0.15, 0.2) is 18.2 Å². The van der Waals surface area contributed by atoms with E-state index in [2.05, 4.69) is 4.90 Å². The molecule has 0 N–H and O–H groups in total. The van der Waals surface area contributed by atoms with Gasteiger partial charge in [-0.05, 0) is 62.3 Å². The molecular weight excluding hydrogens is 484 g/mol. The number of rotatable bonds is 3. The SMILES string of the molecule is O=C(c1ccc2c(c1)OCO2)N1CCN(c2nc(C3CCCCC3)nc3sc4c(c23)CCCCC4)CC1. The van der Waals surface area contributed by atoms with Gasteiger partial charge in [0.05, 0.1) is 5.39 Å². The molecule has 0 unspecified atom stereocenters. The van der Waals surface area contributed by atoms with Crippen molar-refractivity contribution in [3.63, 3.8) is 0 Å². The molecule has 1 amide bonds. The summed E-state index contributed by atoms with van der Waals surface area (Å²) in [7, 11) is 0. The van der Waals surface area contributed by atoms with E-state index in [1.54, 1.807) is 0 Å². The van der Waals surface area contributed by atoms with E-state index in [0.29, 0.717) is 36.1 Å². The van der Waals surface area contributed by atoms with Gasteiger partial charge in [-0.1, -0.05) is 25.7 Å². The highest BCUT2D eigenvalue weighted by Crippen LogP contribution is 2.41. The normalized spacial score (nSPS) is 20.2. The van der Waals surface area contributed by atoms with Gasteiger partial charge in [0.15, 0.2) is 11.5 Å². The Morgan fingerprint density at radius 1 is 0.892 bits per heavy atom. The first kappa shape index (κ1) is 23.3. The molecule has 2 aliphatic heterocycles. The Balaban J connectivity index is 1.17. The van der Waals surface area contributed by atoms with Crippen LogP contribution in [0.25, 0.3) is 10.2 Å². The monoisotopic (exact) mass is 518 g/mol. The second-order valence-electron chi connectivity index (χ2n) is 10.8. The lowest BCUT2D eigenvalue weighted by Crippen LogP contribution is -2.49. The Morgan fingerprint density at radius 3 is 2.54 bits per heavy atom. The molecule has 2 aliphatic carbocycles. The molecule has 0 spiro atoms. The summed E-state index contributed by atoms with van der Waals surface area (Å²) < 4.78 is 10.9. The summed E-state index contributed by atoms with van der Waals surface area (Å²) in [6, 6.07) is 5.48. The van der Waals surface area contributed by atoms with Crippen molar-refractivity contribution >= 4 is 33.3 Å². The van der Waals surface area contributed by atoms with Crippen LogP contribution in [0.1, 0.15) is 83.9 Å². The quantitative estimate of drug-likeness (QED) is 0.415. The molecule has 4 aliphatic rings. The maximum Gasteiger partial charge on any atom is 0.254 e. The number of carbonyl (C=O) groups is 1. The predicted molar refractivity (Wildman–Crippen MR) is 145 cm³/mol. The van der Waals surface area contributed by atoms with E-state index in [4.69, 9.17) is 19.4 Å². The van der Waals surface area contributed by atoms with Gasteiger partial charge in [0, 0.05) is 42.5 Å². The highest BCUT2D eigenvalue weighted by Gasteiger charge is 2.30. The molecule has 0 bridgehead atoms. The van der Waals surface area contributed by atoms with Gasteiger partial charge in [-0.2, -0.15) is 0 Å². The maximum absolute atomic E-state index is 13.3. The minimum absolute atomic E-state index is 0.0538. The van der Waals surface area contributed by atoms with Crippen LogP contribution in [0.2, 0.25) is 0 Å². The summed E-state index contributed by atoms with van der Waals surface area (Å²) in [6.07, 6.45) is 12.4. The number of aryl methyl sites for hydroxylation is 2. The number of carbonyl (C=O) groups excluding carboxylic acids is 1. The van der Waals surface area contributed by atoms with E-state index in [-0.39, 0.29) is 12.7 Å². The number of anilines is 1. The van der Waals surface area contributed by atoms with Crippen LogP contribution in [-0.4, -0.2) is 53.7 Å². The van der Waals surface area contributed by atoms with Crippen LogP contribution in [-0.2, 0) is 12.8 Å². The number of piperazine rings is 1. The van der Waals surface area contributed by atoms with E-state index in [0.717, 1.165) is 31.2 Å². The molecule has 0 radical (unpaired) electrons. The Hall–Kier alpha value is -2.87. The molecule has 194 valence electrons. The minimum atomic E-state index is 0.0538. The van der Waals surface area contributed by atoms with Crippen molar-refractivity contribution in [2.24, 2.45) is 0 Å². The van der Waals surface area contributed by atoms with Gasteiger partial charge in [0.1, 0.15) is 16.5 Å². The molecule has 1 saturated carbocycles. The molecule has 7 nitrogen and oxygen atoms in total. The number of hydrogen-bond acceptors (Lipinski definition) is 7. The standard InChI is InChI=1S/C29H34N4O3S/c34-29(20-11-12-22-23(17-20)36-18-35-22)33-15-13-32(14-16-33)27-25-21-9-5-2-6-10-24(21)37-28(25)31-26(30-27)19-7-3-1-4-8-19/h11-12,17,19H,1-10,13-16,18H2. The minimum Gasteiger partial charge on any atom is -0.454 e. The van der Waals surface area contributed by atoms with Crippen molar-refractivity contribution < 1.29 is 14.3 Å². The van der Waals surface area contributed by atoms with E-state index >= 15 is 0 Å². The Labute approximate surface area is 221 Å². The second kappa shape index (κ2) is 9.78. The average molecular weight is 519 g/mol. The van der Waals surface area contributed by atoms with Gasteiger partial charge in [0.2, 0.25) is 6.79 Å². The zero-order valence-corrected chi connectivity index (χ0v) is 22.2. The van der Waals surface area contributed by atoms with Gasteiger partial charge in [-0.25, -0.2) is 9.97 Å². The molecule has 8 heteroatoms. The summed E-state index contributed by atoms with van der Waals surface area (Å²) in [5, 5.41) is 1.30. The van der Waals surface area contributed by atoms with E-state index in [1.807, 2.05) is 34.4 Å². The number of benzene rings is 1. The lowest BCUT2D eigenvalue weighted by Gasteiger charge is -2.36. The number of hydrogen-bond donors (Lipinski definition) is 0. The number of nitrogens with zero attached hydrogens (tertiary/aromatic N) is 4. The number of ether oxygens (including phenoxy) is 2. The van der Waals surface area contributed by atoms with Crippen molar-refractivity contribution in [2.45, 2.75) is 70.1 Å². The molecular formula is C29H34N4O3S. The number of thiophene rings is 1. The zero-order chi connectivity index (χ0) is 24.8. The first-order valence-electron chi connectivity index (χ1n) is 14.0. The van der Waals surface area contributed by atoms with Crippen LogP contribution in [0.5, 0.6) is 11.5 Å². The maximum atomic E-state index is 13.3. The van der Waals surface area contributed by atoms with Crippen molar-refractivity contribution in [1.29, 1.82) is 0 Å². The van der Waals surface area contributed by atoms with Gasteiger partial charge in [-0.15, -0.1) is 11.3 Å². The number of fused-ring (bicyclic) bond motifs is 4. The highest BCUT2D eigenvalue weighted by molar-refractivity contribution is 7.19. The Morgan fingerprint density at radius 2 is 1.68 bits per heavy atom. The van der Waals surface area contributed by atoms with Crippen molar-refractivity contribution in [2.75, 3.05) is 37.9 Å². The van der Waals surface area contributed by atoms with Gasteiger partial charge in [0.25, 0.3) is 5.91 Å². The number of amides is 1. The van der Waals surface area contributed by atoms with Crippen LogP contribution >= 0.6 is 11.3 Å². The van der Waals surface area contributed by atoms with E-state index < -0.39 is 0 Å². The molecule has 7 rings (SSSR count). The van der Waals surface area contributed by atoms with Crippen LogP contribution < -0.4 is 14.4 Å². The third-order valence-electron chi connectivity index (χ3n) is 8.52. The Kier molecular flexibility index (Phi) is 6.15. The average Bonchev–Trinajstić information content (AvgIpc) is 3.49. The topological polar surface area (TPSA) is 67.8 Å². The van der Waals surface area contributed by atoms with Crippen LogP contribution in [0.3, 0.4) is 0 Å². The molecule has 4 heterocycles. The summed E-state index contributed by atoms with van der Waals surface area (Å²) in [6.45, 7) is 3.16. The summed E-state index contributed by atoms with van der Waals surface area (Å²) in [5.74, 6) is 4.07. The molecule has 3 aromatic rings. The first-order chi connectivity index (χ1) is 18.2. The van der Waals surface area contributed by atoms with Gasteiger partial charge >= 0.3 is 0 Å². The van der Waals surface area contributed by atoms with Crippen LogP contribution in [0.4, 0.5) is 5.82 Å². The fourth-order valence-corrected chi connectivity index (χ4v) is 7.70. The fraction of sp³-hybridized carbons (Fsp3) is 0.552. The van der Waals surface area contributed by atoms with Crippen LogP contribution in [0, 0.1) is 0 Å². The molecule has 2 aromatic heterocycles. The van der Waals surface area contributed by atoms with E-state index in [1.165, 1.54) is 78.4 Å². The fourth-order valence-electron chi connectivity index (χ4n) is 6.44. The first-order valence-corrected chi connectivity index (χ1v) is 14.8. The largest absolute Gasteiger partial charge is 0.454 e. The van der Waals surface area contributed by atoms with Gasteiger partial charge < -0.3 is 19.3 Å². The summed E-state index contributed by atoms with van der Waals surface area (Å²) in [5.41, 5.74) is 2.16. The second-order valence-corrected chi connectivity index (χ2v) is 11.9. The van der Waals surface area contributed by atoms with Crippen molar-refractivity contribution in [3.8, 4) is 11.5 Å². The molecule has 1 aromatic carbocycles. The lowest BCUT2D eigenvalue weighted by molar-refractivity contribution is 0.0746. The summed E-state index contributed by atoms with van der Waals surface area (Å²) in [4.78, 5) is 30.9. The smallest absolute Gasteiger partial charge is 0.254 e. The lowest BCUT2D eigenvalue weighted by atomic mass is 9.88. The van der Waals surface area contributed by atoms with Crippen molar-refractivity contribution in [1.82, 2.24) is 14.9 Å². The highest BCUT2D eigenvalue weighted by atomic mass is 32.1. The third-order valence-corrected chi connectivity index (χ3v) is 9.70. The molecule has 1 saturated heterocycles. The Bertz CT molecular complexity index is 1320. The zero-order valence-electron chi connectivity index (χ0n) is 21.3. The molecule has 0 atom stereocenters. The number of aromatic nitrogens is 2. The van der Waals surface area contributed by atoms with Gasteiger partial charge in [-0.3, -0.25) is 4.79 Å². The van der Waals surface area contributed by atoms with Crippen molar-refractivity contribution in [3.05, 3.63) is 40.0 Å². The predicted octanol–water partition coefficient (Wildman–Crippen LogP) is 5.70.